The van der Waals surface area contributed by atoms with Gasteiger partial charge in [0.2, 0.25) is 5.91 Å². The Kier molecular flexibility index (Phi) is 4.11. The lowest BCUT2D eigenvalue weighted by Crippen LogP contribution is -2.25. The predicted molar refractivity (Wildman–Crippen MR) is 83.8 cm³/mol. The molecule has 0 atom stereocenters. The Morgan fingerprint density at radius 3 is 2.83 bits per heavy atom. The number of hydrogen-bond acceptors (Lipinski definition) is 6. The quantitative estimate of drug-likeness (QED) is 0.746. The van der Waals surface area contributed by atoms with Crippen LogP contribution in [-0.2, 0) is 11.3 Å². The van der Waals surface area contributed by atoms with Crippen molar-refractivity contribution in [1.82, 2.24) is 14.9 Å². The van der Waals surface area contributed by atoms with Crippen molar-refractivity contribution < 1.29 is 13.8 Å². The third kappa shape index (κ3) is 3.39. The standard InChI is InChI=1S/C14H11BrN4O4/c1-8-5-11(17-22-8)16-12(20)7-19-13(18-23-14(19)21)9-3-2-4-10(15)6-9/h2-6H,7H2,1H3,(H,16,17,20). The van der Waals surface area contributed by atoms with Crippen molar-refractivity contribution in [2.75, 3.05) is 5.32 Å². The van der Waals surface area contributed by atoms with Gasteiger partial charge in [-0.25, -0.2) is 9.36 Å². The van der Waals surface area contributed by atoms with Crippen molar-refractivity contribution >= 4 is 27.7 Å². The molecule has 0 radical (unpaired) electrons. The fourth-order valence-corrected chi connectivity index (χ4v) is 2.39. The molecule has 0 unspecified atom stereocenters. The summed E-state index contributed by atoms with van der Waals surface area (Å²) in [6, 6.07) is 8.74. The van der Waals surface area contributed by atoms with Gasteiger partial charge in [0.1, 0.15) is 12.3 Å². The number of nitrogens with one attached hydrogen (secondary N) is 1. The summed E-state index contributed by atoms with van der Waals surface area (Å²) in [5.41, 5.74) is 0.648. The second-order valence-electron chi connectivity index (χ2n) is 4.74. The zero-order chi connectivity index (χ0) is 16.4. The van der Waals surface area contributed by atoms with E-state index in [0.717, 1.165) is 9.04 Å². The zero-order valence-corrected chi connectivity index (χ0v) is 13.5. The van der Waals surface area contributed by atoms with E-state index in [1.54, 1.807) is 31.2 Å². The van der Waals surface area contributed by atoms with Gasteiger partial charge in [-0.05, 0) is 19.1 Å². The van der Waals surface area contributed by atoms with Crippen LogP contribution >= 0.6 is 15.9 Å². The summed E-state index contributed by atoms with van der Waals surface area (Å²) in [5.74, 6) is -0.0487. The minimum absolute atomic E-state index is 0.254. The Labute approximate surface area is 138 Å². The van der Waals surface area contributed by atoms with Crippen LogP contribution in [0.15, 0.2) is 48.6 Å². The average molecular weight is 379 g/mol. The number of amides is 1. The van der Waals surface area contributed by atoms with E-state index in [4.69, 9.17) is 4.52 Å². The van der Waals surface area contributed by atoms with E-state index in [-0.39, 0.29) is 18.2 Å². The second kappa shape index (κ2) is 6.21. The van der Waals surface area contributed by atoms with Crippen molar-refractivity contribution in [3.8, 4) is 11.4 Å². The number of nitrogens with zero attached hydrogens (tertiary/aromatic N) is 3. The van der Waals surface area contributed by atoms with Gasteiger partial charge in [-0.15, -0.1) is 0 Å². The molecular formula is C14H11BrN4O4. The Balaban J connectivity index is 1.84. The highest BCUT2D eigenvalue weighted by Gasteiger charge is 2.16. The van der Waals surface area contributed by atoms with Crippen LogP contribution in [0.2, 0.25) is 0 Å². The summed E-state index contributed by atoms with van der Waals surface area (Å²) in [7, 11) is 0. The molecule has 0 saturated heterocycles. The first-order valence-corrected chi connectivity index (χ1v) is 7.38. The van der Waals surface area contributed by atoms with Crippen LogP contribution in [0, 0.1) is 6.92 Å². The first-order valence-electron chi connectivity index (χ1n) is 6.58. The van der Waals surface area contributed by atoms with Gasteiger partial charge in [-0.2, -0.15) is 0 Å². The maximum atomic E-state index is 12.1. The molecule has 2 heterocycles. The van der Waals surface area contributed by atoms with Gasteiger partial charge in [0.25, 0.3) is 0 Å². The van der Waals surface area contributed by atoms with Crippen LogP contribution in [0.3, 0.4) is 0 Å². The molecule has 9 heteroatoms. The maximum Gasteiger partial charge on any atom is 0.442 e. The summed E-state index contributed by atoms with van der Waals surface area (Å²) in [6.45, 7) is 1.45. The van der Waals surface area contributed by atoms with Gasteiger partial charge in [-0.3, -0.25) is 9.32 Å². The van der Waals surface area contributed by atoms with Crippen molar-refractivity contribution in [3.05, 3.63) is 51.1 Å². The average Bonchev–Trinajstić information content (AvgIpc) is 3.06. The topological polar surface area (TPSA) is 103 Å². The van der Waals surface area contributed by atoms with Crippen LogP contribution in [0.5, 0.6) is 0 Å². The van der Waals surface area contributed by atoms with Crippen LogP contribution in [0.1, 0.15) is 5.76 Å². The van der Waals surface area contributed by atoms with Crippen LogP contribution in [0.4, 0.5) is 5.82 Å². The minimum atomic E-state index is -0.716. The van der Waals surface area contributed by atoms with Gasteiger partial charge in [0, 0.05) is 16.1 Å². The van der Waals surface area contributed by atoms with Crippen LogP contribution in [-0.4, -0.2) is 20.8 Å². The van der Waals surface area contributed by atoms with Crippen molar-refractivity contribution in [1.29, 1.82) is 0 Å². The van der Waals surface area contributed by atoms with Crippen molar-refractivity contribution in [2.45, 2.75) is 13.5 Å². The monoisotopic (exact) mass is 378 g/mol. The highest BCUT2D eigenvalue weighted by Crippen LogP contribution is 2.20. The molecule has 0 aliphatic heterocycles. The minimum Gasteiger partial charge on any atom is -0.360 e. The summed E-state index contributed by atoms with van der Waals surface area (Å²) in [5, 5.41) is 9.93. The lowest BCUT2D eigenvalue weighted by atomic mass is 10.2. The number of benzene rings is 1. The molecule has 23 heavy (non-hydrogen) atoms. The number of rotatable bonds is 4. The molecule has 0 fully saturated rings. The van der Waals surface area contributed by atoms with Gasteiger partial charge in [0.05, 0.1) is 0 Å². The molecule has 8 nitrogen and oxygen atoms in total. The lowest BCUT2D eigenvalue weighted by molar-refractivity contribution is -0.116. The summed E-state index contributed by atoms with van der Waals surface area (Å²) >= 11 is 3.34. The molecule has 3 aromatic rings. The Morgan fingerprint density at radius 2 is 2.13 bits per heavy atom. The van der Waals surface area contributed by atoms with Crippen molar-refractivity contribution in [3.63, 3.8) is 0 Å². The molecule has 0 aliphatic rings. The number of carbonyl (C=O) groups excluding carboxylic acids is 1. The Bertz CT molecular complexity index is 911. The molecule has 1 aromatic carbocycles. The van der Waals surface area contributed by atoms with E-state index in [1.165, 1.54) is 0 Å². The van der Waals surface area contributed by atoms with E-state index >= 15 is 0 Å². The van der Waals surface area contributed by atoms with Crippen molar-refractivity contribution in [2.24, 2.45) is 0 Å². The fraction of sp³-hybridized carbons (Fsp3) is 0.143. The maximum absolute atomic E-state index is 12.1. The number of aryl methyl sites for hydroxylation is 1. The third-order valence-corrected chi connectivity index (χ3v) is 3.46. The van der Waals surface area contributed by atoms with E-state index in [9.17, 15) is 9.59 Å². The summed E-state index contributed by atoms with van der Waals surface area (Å²) in [6.07, 6.45) is 0. The first kappa shape index (κ1) is 15.2. The molecule has 3 rings (SSSR count). The molecule has 118 valence electrons. The van der Waals surface area contributed by atoms with Gasteiger partial charge in [0.15, 0.2) is 11.6 Å². The largest absolute Gasteiger partial charge is 0.442 e. The number of hydrogen-bond donors (Lipinski definition) is 1. The lowest BCUT2D eigenvalue weighted by Gasteiger charge is -2.04. The van der Waals surface area contributed by atoms with Crippen LogP contribution in [0.25, 0.3) is 11.4 Å². The molecule has 1 N–H and O–H groups in total. The second-order valence-corrected chi connectivity index (χ2v) is 5.66. The van der Waals surface area contributed by atoms with Gasteiger partial charge >= 0.3 is 5.76 Å². The smallest absolute Gasteiger partial charge is 0.360 e. The molecule has 0 spiro atoms. The first-order chi connectivity index (χ1) is 11.0. The molecule has 0 bridgehead atoms. The van der Waals surface area contributed by atoms with Gasteiger partial charge < -0.3 is 9.84 Å². The fourth-order valence-electron chi connectivity index (χ4n) is 1.99. The molecule has 2 aromatic heterocycles. The summed E-state index contributed by atoms with van der Waals surface area (Å²) < 4.78 is 11.5. The Hall–Kier alpha value is -2.68. The van der Waals surface area contributed by atoms with Gasteiger partial charge in [-0.1, -0.05) is 38.4 Å². The molecular weight excluding hydrogens is 368 g/mol. The number of aromatic nitrogens is 3. The summed E-state index contributed by atoms with van der Waals surface area (Å²) in [4.78, 5) is 23.9. The predicted octanol–water partition coefficient (Wildman–Crippen LogP) is 2.20. The molecule has 0 aliphatic carbocycles. The highest BCUT2D eigenvalue weighted by molar-refractivity contribution is 9.10. The highest BCUT2D eigenvalue weighted by atomic mass is 79.9. The molecule has 0 saturated carbocycles. The van der Waals surface area contributed by atoms with Crippen LogP contribution < -0.4 is 11.1 Å². The SMILES string of the molecule is Cc1cc(NC(=O)Cn2c(-c3cccc(Br)c3)noc2=O)no1. The third-order valence-electron chi connectivity index (χ3n) is 2.97. The van der Waals surface area contributed by atoms with E-state index < -0.39 is 11.7 Å². The number of carbonyl (C=O) groups is 1. The Morgan fingerprint density at radius 1 is 1.30 bits per heavy atom. The number of halogens is 1. The van der Waals surface area contributed by atoms with E-state index in [0.29, 0.717) is 11.3 Å². The normalized spacial score (nSPS) is 10.7. The number of anilines is 1. The van der Waals surface area contributed by atoms with E-state index in [1.807, 2.05) is 6.07 Å². The van der Waals surface area contributed by atoms with E-state index in [2.05, 4.69) is 36.1 Å². The zero-order valence-electron chi connectivity index (χ0n) is 11.9. The molecule has 1 amide bonds.